The largest absolute Gasteiger partial charge is 0.455 e. The predicted octanol–water partition coefficient (Wildman–Crippen LogP) is 14.4. The van der Waals surface area contributed by atoms with Crippen LogP contribution in [-0.4, -0.2) is 0 Å². The van der Waals surface area contributed by atoms with Crippen molar-refractivity contribution in [3.8, 4) is 33.4 Å². The van der Waals surface area contributed by atoms with Crippen LogP contribution in [0.15, 0.2) is 204 Å². The Kier molecular flexibility index (Phi) is 5.45. The van der Waals surface area contributed by atoms with Crippen molar-refractivity contribution in [3.05, 3.63) is 200 Å². The van der Waals surface area contributed by atoms with Gasteiger partial charge in [-0.1, -0.05) is 158 Å². The summed E-state index contributed by atoms with van der Waals surface area (Å²) in [7, 11) is 0. The quantitative estimate of drug-likeness (QED) is 0.175. The van der Waals surface area contributed by atoms with Crippen LogP contribution in [0.5, 0.6) is 0 Å². The van der Waals surface area contributed by atoms with E-state index >= 15 is 0 Å². The standard InChI is InChI=1S/C50H33NO/c1-2-11-34(12-3-1)35-23-25-36(26-24-35)37-27-30-41(31-28-37)51(42-17-8-16-40(33-42)44-20-9-15-38-13-4-6-18-43(38)44)47-21-10-22-48-49(47)46-32-29-39-14-5-7-19-45(39)50(46)52-48/h1-33H/i8D,16D,17D,27D,28D,30D,31D,33D. The van der Waals surface area contributed by atoms with Gasteiger partial charge in [-0.25, -0.2) is 0 Å². The average Bonchev–Trinajstić information content (AvgIpc) is 3.68. The molecule has 0 spiro atoms. The fourth-order valence-electron chi connectivity index (χ4n) is 7.12. The summed E-state index contributed by atoms with van der Waals surface area (Å²) in [5.41, 5.74) is 4.16. The maximum atomic E-state index is 9.92. The Morgan fingerprint density at radius 3 is 1.88 bits per heavy atom. The number of anilines is 3. The van der Waals surface area contributed by atoms with Crippen molar-refractivity contribution in [1.29, 1.82) is 0 Å². The highest BCUT2D eigenvalue weighted by Gasteiger charge is 2.21. The number of hydrogen-bond acceptors (Lipinski definition) is 2. The van der Waals surface area contributed by atoms with Crippen LogP contribution >= 0.6 is 0 Å². The van der Waals surface area contributed by atoms with Gasteiger partial charge in [0.1, 0.15) is 11.2 Å². The van der Waals surface area contributed by atoms with Gasteiger partial charge in [0.15, 0.2) is 0 Å². The van der Waals surface area contributed by atoms with E-state index in [0.29, 0.717) is 38.8 Å². The minimum absolute atomic E-state index is 0.100. The van der Waals surface area contributed by atoms with E-state index in [2.05, 4.69) is 0 Å². The first-order chi connectivity index (χ1) is 29.1. The van der Waals surface area contributed by atoms with Crippen LogP contribution in [0.1, 0.15) is 11.0 Å². The fraction of sp³-hybridized carbons (Fsp3) is 0. The Bertz CT molecular complexity index is 3330. The van der Waals surface area contributed by atoms with Gasteiger partial charge >= 0.3 is 0 Å². The van der Waals surface area contributed by atoms with Gasteiger partial charge in [-0.3, -0.25) is 0 Å². The van der Waals surface area contributed by atoms with E-state index in [4.69, 9.17) is 4.42 Å². The Morgan fingerprint density at radius 2 is 1.08 bits per heavy atom. The van der Waals surface area contributed by atoms with Crippen LogP contribution < -0.4 is 4.90 Å². The van der Waals surface area contributed by atoms with Gasteiger partial charge < -0.3 is 9.32 Å². The summed E-state index contributed by atoms with van der Waals surface area (Å²) in [5, 5.41) is 4.69. The van der Waals surface area contributed by atoms with Crippen LogP contribution in [0.3, 0.4) is 0 Å². The zero-order valence-corrected chi connectivity index (χ0v) is 27.8. The second-order valence-corrected chi connectivity index (χ2v) is 12.7. The summed E-state index contributed by atoms with van der Waals surface area (Å²) in [6.07, 6.45) is 0. The van der Waals surface area contributed by atoms with Crippen LogP contribution in [0.4, 0.5) is 17.1 Å². The molecule has 52 heavy (non-hydrogen) atoms. The lowest BCUT2D eigenvalue weighted by molar-refractivity contribution is 0.672. The number of furan rings is 1. The normalized spacial score (nSPS) is 13.6. The van der Waals surface area contributed by atoms with Crippen LogP contribution in [0.2, 0.25) is 0 Å². The molecule has 0 aliphatic carbocycles. The van der Waals surface area contributed by atoms with Crippen molar-refractivity contribution in [1.82, 2.24) is 0 Å². The van der Waals surface area contributed by atoms with E-state index in [9.17, 15) is 11.0 Å². The molecule has 0 saturated heterocycles. The molecule has 1 heterocycles. The van der Waals surface area contributed by atoms with Gasteiger partial charge in [0.05, 0.1) is 22.0 Å². The minimum atomic E-state index is -0.471. The molecule has 1 aromatic heterocycles. The van der Waals surface area contributed by atoms with Crippen molar-refractivity contribution < 1.29 is 15.4 Å². The van der Waals surface area contributed by atoms with Crippen molar-refractivity contribution in [2.75, 3.05) is 4.90 Å². The highest BCUT2D eigenvalue weighted by atomic mass is 16.3. The molecular formula is C50H33NO. The van der Waals surface area contributed by atoms with E-state index in [-0.39, 0.29) is 46.7 Å². The molecule has 2 nitrogen and oxygen atoms in total. The number of nitrogens with zero attached hydrogens (tertiary/aromatic N) is 1. The van der Waals surface area contributed by atoms with Crippen molar-refractivity contribution in [2.24, 2.45) is 0 Å². The highest BCUT2D eigenvalue weighted by Crippen LogP contribution is 2.45. The lowest BCUT2D eigenvalue weighted by Crippen LogP contribution is -2.10. The van der Waals surface area contributed by atoms with E-state index in [1.165, 1.54) is 4.90 Å². The lowest BCUT2D eigenvalue weighted by Gasteiger charge is -2.27. The van der Waals surface area contributed by atoms with Gasteiger partial charge in [0.25, 0.3) is 0 Å². The zero-order valence-electron chi connectivity index (χ0n) is 35.8. The third-order valence-electron chi connectivity index (χ3n) is 9.62. The van der Waals surface area contributed by atoms with Crippen molar-refractivity contribution in [2.45, 2.75) is 0 Å². The number of fused-ring (bicyclic) bond motifs is 6. The molecule has 244 valence electrons. The Hall–Kier alpha value is -6.90. The molecule has 0 saturated carbocycles. The molecule has 0 N–H and O–H groups in total. The molecular weight excluding hydrogens is 631 g/mol. The predicted molar refractivity (Wildman–Crippen MR) is 220 cm³/mol. The first-order valence-corrected chi connectivity index (χ1v) is 17.1. The van der Waals surface area contributed by atoms with Crippen LogP contribution in [-0.2, 0) is 0 Å². The molecule has 0 fully saturated rings. The lowest BCUT2D eigenvalue weighted by atomic mass is 9.97. The second kappa shape index (κ2) is 12.5. The molecule has 0 amide bonds. The van der Waals surface area contributed by atoms with Crippen LogP contribution in [0, 0.1) is 0 Å². The topological polar surface area (TPSA) is 16.4 Å². The molecule has 0 atom stereocenters. The van der Waals surface area contributed by atoms with Gasteiger partial charge in [0.2, 0.25) is 0 Å². The maximum absolute atomic E-state index is 9.92. The van der Waals surface area contributed by atoms with Gasteiger partial charge in [-0.05, 0) is 91.9 Å². The number of benzene rings is 9. The van der Waals surface area contributed by atoms with Gasteiger partial charge in [-0.15, -0.1) is 0 Å². The molecule has 0 bridgehead atoms. The Morgan fingerprint density at radius 1 is 0.423 bits per heavy atom. The molecule has 10 rings (SSSR count). The summed E-state index contributed by atoms with van der Waals surface area (Å²) in [6, 6.07) is 44.3. The molecule has 0 radical (unpaired) electrons. The smallest absolute Gasteiger partial charge is 0.143 e. The van der Waals surface area contributed by atoms with Crippen molar-refractivity contribution in [3.63, 3.8) is 0 Å². The fourth-order valence-corrected chi connectivity index (χ4v) is 7.12. The van der Waals surface area contributed by atoms with Crippen molar-refractivity contribution >= 4 is 60.5 Å². The van der Waals surface area contributed by atoms with E-state index in [1.807, 2.05) is 115 Å². The Balaban J connectivity index is 1.29. The SMILES string of the molecule is [2H]c1c([2H])c(-c2cccc3ccccc23)c([2H])c(N(c2c([2H])c([2H])c(-c3ccc(-c4ccccc4)cc3)c([2H])c2[2H])c2cccc3oc4c5ccccc5ccc4c23)c1[2H]. The third-order valence-corrected chi connectivity index (χ3v) is 9.62. The van der Waals surface area contributed by atoms with Gasteiger partial charge in [0, 0.05) is 22.1 Å². The molecule has 10 aromatic rings. The van der Waals surface area contributed by atoms with Crippen LogP contribution in [0.25, 0.3) is 76.9 Å². The third kappa shape index (κ3) is 5.12. The highest BCUT2D eigenvalue weighted by molar-refractivity contribution is 6.19. The second-order valence-electron chi connectivity index (χ2n) is 12.7. The molecule has 2 heteroatoms. The minimum Gasteiger partial charge on any atom is -0.455 e. The van der Waals surface area contributed by atoms with E-state index < -0.39 is 24.2 Å². The Labute approximate surface area is 313 Å². The monoisotopic (exact) mass is 671 g/mol. The summed E-state index contributed by atoms with van der Waals surface area (Å²) in [4.78, 5) is 1.41. The van der Waals surface area contributed by atoms with E-state index in [0.717, 1.165) is 32.7 Å². The summed E-state index contributed by atoms with van der Waals surface area (Å²) in [6.45, 7) is 0. The van der Waals surface area contributed by atoms with Gasteiger partial charge in [-0.2, -0.15) is 0 Å². The maximum Gasteiger partial charge on any atom is 0.143 e. The average molecular weight is 672 g/mol. The zero-order chi connectivity index (χ0) is 41.4. The molecule has 0 unspecified atom stereocenters. The first-order valence-electron chi connectivity index (χ1n) is 21.1. The number of rotatable bonds is 6. The summed E-state index contributed by atoms with van der Waals surface area (Å²) >= 11 is 0. The summed E-state index contributed by atoms with van der Waals surface area (Å²) in [5.74, 6) is 0. The molecule has 9 aromatic carbocycles. The van der Waals surface area contributed by atoms with E-state index in [1.54, 1.807) is 36.4 Å². The first kappa shape index (κ1) is 22.7. The molecule has 0 aliphatic rings. The molecule has 0 aliphatic heterocycles. The number of hydrogen-bond donors (Lipinski definition) is 0. The summed E-state index contributed by atoms with van der Waals surface area (Å²) < 4.78 is 82.6.